The molecule has 4 heteroatoms. The van der Waals surface area contributed by atoms with E-state index in [0.29, 0.717) is 5.92 Å². The van der Waals surface area contributed by atoms with E-state index < -0.39 is 0 Å². The lowest BCUT2D eigenvalue weighted by molar-refractivity contribution is 0.437. The fourth-order valence-corrected chi connectivity index (χ4v) is 2.76. The number of nitrogens with one attached hydrogen (secondary N) is 1. The maximum Gasteiger partial charge on any atom is 0.0989 e. The van der Waals surface area contributed by atoms with Crippen molar-refractivity contribution in [2.75, 3.05) is 32.9 Å². The Labute approximate surface area is 122 Å². The van der Waals surface area contributed by atoms with Crippen molar-refractivity contribution in [3.8, 4) is 0 Å². The van der Waals surface area contributed by atoms with Gasteiger partial charge in [0, 0.05) is 25.0 Å². The maximum atomic E-state index is 4.58. The normalized spacial score (nSPS) is 11.5. The first-order valence-electron chi connectivity index (χ1n) is 6.92. The first-order chi connectivity index (χ1) is 8.99. The van der Waals surface area contributed by atoms with E-state index in [1.54, 1.807) is 0 Å². The minimum absolute atomic E-state index is 0.690. The molecule has 0 unspecified atom stereocenters. The highest BCUT2D eigenvalue weighted by Gasteiger charge is 2.03. The van der Waals surface area contributed by atoms with Gasteiger partial charge in [0.25, 0.3) is 0 Å². The van der Waals surface area contributed by atoms with E-state index in [1.165, 1.54) is 11.1 Å². The lowest BCUT2D eigenvalue weighted by Crippen LogP contribution is -2.19. The van der Waals surface area contributed by atoms with Crippen molar-refractivity contribution in [3.63, 3.8) is 0 Å². The molecule has 0 bridgehead atoms. The zero-order valence-electron chi connectivity index (χ0n) is 12.9. The van der Waals surface area contributed by atoms with Crippen LogP contribution in [0.5, 0.6) is 0 Å². The number of aryl methyl sites for hydroxylation is 1. The Morgan fingerprint density at radius 1 is 1.37 bits per heavy atom. The molecule has 0 spiro atoms. The average Bonchev–Trinajstić information content (AvgIpc) is 2.31. The summed E-state index contributed by atoms with van der Waals surface area (Å²) < 4.78 is 0. The van der Waals surface area contributed by atoms with Crippen LogP contribution in [0.4, 0.5) is 0 Å². The zero-order chi connectivity index (χ0) is 14.3. The third-order valence-corrected chi connectivity index (χ3v) is 3.83. The molecule has 0 atom stereocenters. The molecule has 1 N–H and O–H groups in total. The number of aromatic nitrogens is 1. The van der Waals surface area contributed by atoms with Crippen molar-refractivity contribution in [2.24, 2.45) is 5.92 Å². The Kier molecular flexibility index (Phi) is 7.42. The second kappa shape index (κ2) is 8.56. The number of pyridine rings is 1. The van der Waals surface area contributed by atoms with Crippen molar-refractivity contribution in [1.29, 1.82) is 0 Å². The molecule has 0 aromatic carbocycles. The molecule has 0 saturated carbocycles. The summed E-state index contributed by atoms with van der Waals surface area (Å²) in [6.07, 6.45) is 2.00. The van der Waals surface area contributed by atoms with Crippen molar-refractivity contribution in [3.05, 3.63) is 23.4 Å². The number of hydrogen-bond acceptors (Lipinski definition) is 4. The molecule has 0 aliphatic heterocycles. The van der Waals surface area contributed by atoms with E-state index in [0.717, 1.165) is 30.4 Å². The highest BCUT2D eigenvalue weighted by atomic mass is 32.2. The Bertz CT molecular complexity index is 378. The van der Waals surface area contributed by atoms with Gasteiger partial charge in [-0.2, -0.15) is 0 Å². The summed E-state index contributed by atoms with van der Waals surface area (Å²) >= 11 is 1.84. The van der Waals surface area contributed by atoms with Crippen LogP contribution in [0.25, 0.3) is 0 Å². The molecular weight excluding hydrogens is 254 g/mol. The molecule has 0 radical (unpaired) electrons. The first-order valence-corrected chi connectivity index (χ1v) is 7.91. The monoisotopic (exact) mass is 281 g/mol. The van der Waals surface area contributed by atoms with Gasteiger partial charge in [-0.1, -0.05) is 19.9 Å². The summed E-state index contributed by atoms with van der Waals surface area (Å²) in [5.74, 6) is 1.78. The van der Waals surface area contributed by atoms with Gasteiger partial charge in [-0.25, -0.2) is 4.98 Å². The molecule has 19 heavy (non-hydrogen) atoms. The van der Waals surface area contributed by atoms with Crippen LogP contribution in [-0.2, 0) is 6.54 Å². The highest BCUT2D eigenvalue weighted by molar-refractivity contribution is 7.99. The Morgan fingerprint density at radius 2 is 2.11 bits per heavy atom. The predicted octanol–water partition coefficient (Wildman–Crippen LogP) is 2.79. The van der Waals surface area contributed by atoms with Crippen LogP contribution in [0, 0.1) is 12.8 Å². The molecule has 0 aliphatic carbocycles. The minimum atomic E-state index is 0.690. The molecule has 1 aromatic heterocycles. The molecule has 1 heterocycles. The fraction of sp³-hybridized carbons (Fsp3) is 0.667. The standard InChI is InChI=1S/C15H27N3S/c1-12(2)9-16-10-14-8-13(3)15(17-11-14)19-7-6-18(4)5/h8,11-12,16H,6-7,9-10H2,1-5H3. The molecule has 0 amide bonds. The second-order valence-corrected chi connectivity index (χ2v) is 6.73. The van der Waals surface area contributed by atoms with E-state index >= 15 is 0 Å². The molecule has 1 rings (SSSR count). The summed E-state index contributed by atoms with van der Waals surface area (Å²) in [4.78, 5) is 6.78. The SMILES string of the molecule is Cc1cc(CNCC(C)C)cnc1SCCN(C)C. The summed E-state index contributed by atoms with van der Waals surface area (Å²) in [6.45, 7) is 9.65. The quantitative estimate of drug-likeness (QED) is 0.742. The number of rotatable bonds is 8. The Hall–Kier alpha value is -0.580. The number of nitrogens with zero attached hydrogens (tertiary/aromatic N) is 2. The molecular formula is C15H27N3S. The Balaban J connectivity index is 2.45. The van der Waals surface area contributed by atoms with Gasteiger partial charge in [0.2, 0.25) is 0 Å². The smallest absolute Gasteiger partial charge is 0.0989 e. The van der Waals surface area contributed by atoms with Crippen LogP contribution in [0.2, 0.25) is 0 Å². The van der Waals surface area contributed by atoms with Gasteiger partial charge in [0.1, 0.15) is 0 Å². The van der Waals surface area contributed by atoms with Crippen molar-refractivity contribution in [2.45, 2.75) is 32.3 Å². The first kappa shape index (κ1) is 16.5. The van der Waals surface area contributed by atoms with Crippen molar-refractivity contribution >= 4 is 11.8 Å². The van der Waals surface area contributed by atoms with Gasteiger partial charge in [0.05, 0.1) is 5.03 Å². The van der Waals surface area contributed by atoms with Crippen LogP contribution < -0.4 is 5.32 Å². The van der Waals surface area contributed by atoms with Gasteiger partial charge < -0.3 is 10.2 Å². The topological polar surface area (TPSA) is 28.2 Å². The van der Waals surface area contributed by atoms with Crippen molar-refractivity contribution < 1.29 is 0 Å². The third kappa shape index (κ3) is 6.95. The average molecular weight is 281 g/mol. The number of thioether (sulfide) groups is 1. The lowest BCUT2D eigenvalue weighted by Gasteiger charge is -2.11. The fourth-order valence-electron chi connectivity index (χ4n) is 1.70. The van der Waals surface area contributed by atoms with Crippen LogP contribution >= 0.6 is 11.8 Å². The summed E-state index contributed by atoms with van der Waals surface area (Å²) in [5, 5.41) is 4.61. The molecule has 0 aliphatic rings. The van der Waals surface area contributed by atoms with Gasteiger partial charge in [-0.05, 0) is 44.6 Å². The number of hydrogen-bond donors (Lipinski definition) is 1. The molecule has 108 valence electrons. The van der Waals surface area contributed by atoms with E-state index in [9.17, 15) is 0 Å². The van der Waals surface area contributed by atoms with Crippen molar-refractivity contribution in [1.82, 2.24) is 15.2 Å². The molecule has 3 nitrogen and oxygen atoms in total. The molecule has 0 fully saturated rings. The van der Waals surface area contributed by atoms with Crippen LogP contribution in [0.15, 0.2) is 17.3 Å². The Morgan fingerprint density at radius 3 is 2.68 bits per heavy atom. The minimum Gasteiger partial charge on any atom is -0.312 e. The van der Waals surface area contributed by atoms with Gasteiger partial charge in [-0.15, -0.1) is 11.8 Å². The lowest BCUT2D eigenvalue weighted by atomic mass is 10.2. The van der Waals surface area contributed by atoms with Crippen LogP contribution in [0.1, 0.15) is 25.0 Å². The molecule has 1 aromatic rings. The third-order valence-electron chi connectivity index (χ3n) is 2.75. The summed E-state index contributed by atoms with van der Waals surface area (Å²) in [6, 6.07) is 2.25. The predicted molar refractivity (Wildman–Crippen MR) is 84.8 cm³/mol. The highest BCUT2D eigenvalue weighted by Crippen LogP contribution is 2.20. The second-order valence-electron chi connectivity index (χ2n) is 5.64. The zero-order valence-corrected chi connectivity index (χ0v) is 13.7. The largest absolute Gasteiger partial charge is 0.312 e. The van der Waals surface area contributed by atoms with E-state index in [1.807, 2.05) is 18.0 Å². The van der Waals surface area contributed by atoms with Crippen LogP contribution in [-0.4, -0.2) is 42.8 Å². The molecule has 0 saturated heterocycles. The summed E-state index contributed by atoms with van der Waals surface area (Å²) in [7, 11) is 4.20. The van der Waals surface area contributed by atoms with E-state index in [2.05, 4.69) is 56.1 Å². The van der Waals surface area contributed by atoms with Gasteiger partial charge in [-0.3, -0.25) is 0 Å². The maximum absolute atomic E-state index is 4.58. The van der Waals surface area contributed by atoms with E-state index in [4.69, 9.17) is 0 Å². The summed E-state index contributed by atoms with van der Waals surface area (Å²) in [5.41, 5.74) is 2.56. The van der Waals surface area contributed by atoms with Gasteiger partial charge in [0.15, 0.2) is 0 Å². The van der Waals surface area contributed by atoms with Gasteiger partial charge >= 0.3 is 0 Å². The van der Waals surface area contributed by atoms with E-state index in [-0.39, 0.29) is 0 Å². The van der Waals surface area contributed by atoms with Crippen LogP contribution in [0.3, 0.4) is 0 Å².